The number of allylic oxidation sites excluding steroid dienone is 2. The normalized spacial score (nSPS) is 11.6. The zero-order valence-electron chi connectivity index (χ0n) is 18.3. The summed E-state index contributed by atoms with van der Waals surface area (Å²) in [7, 11) is 0. The Morgan fingerprint density at radius 3 is 1.86 bits per heavy atom. The van der Waals surface area contributed by atoms with Gasteiger partial charge in [-0.25, -0.2) is 0 Å². The summed E-state index contributed by atoms with van der Waals surface area (Å²) in [6.45, 7) is 2.29. The van der Waals surface area contributed by atoms with Crippen molar-refractivity contribution in [3.63, 3.8) is 0 Å². The molecule has 0 N–H and O–H groups in total. The van der Waals surface area contributed by atoms with Crippen molar-refractivity contribution in [3.8, 4) is 0 Å². The lowest BCUT2D eigenvalue weighted by molar-refractivity contribution is 0.545. The summed E-state index contributed by atoms with van der Waals surface area (Å²) in [5.41, 5.74) is 1.48. The molecule has 0 bridgehead atoms. The maximum Gasteiger partial charge on any atom is -0.0152 e. The lowest BCUT2D eigenvalue weighted by Crippen LogP contribution is -1.86. The molecule has 2 rings (SSSR count). The van der Waals surface area contributed by atoms with Crippen LogP contribution in [0.4, 0.5) is 0 Å². The fourth-order valence-electron chi connectivity index (χ4n) is 4.09. The Hall–Kier alpha value is -1.56. The van der Waals surface area contributed by atoms with Crippen LogP contribution in [0.1, 0.15) is 102 Å². The molecule has 0 fully saturated rings. The van der Waals surface area contributed by atoms with Crippen molar-refractivity contribution < 1.29 is 0 Å². The van der Waals surface area contributed by atoms with E-state index >= 15 is 0 Å². The quantitative estimate of drug-likeness (QED) is 0.201. The third kappa shape index (κ3) is 9.58. The fourth-order valence-corrected chi connectivity index (χ4v) is 4.09. The van der Waals surface area contributed by atoms with E-state index in [-0.39, 0.29) is 0 Å². The van der Waals surface area contributed by atoms with Crippen molar-refractivity contribution in [2.24, 2.45) is 0 Å². The van der Waals surface area contributed by atoms with Gasteiger partial charge in [-0.1, -0.05) is 132 Å². The number of aryl methyl sites for hydroxylation is 1. The van der Waals surface area contributed by atoms with Crippen LogP contribution in [0.5, 0.6) is 0 Å². The first-order valence-corrected chi connectivity index (χ1v) is 12.0. The summed E-state index contributed by atoms with van der Waals surface area (Å²) in [5.74, 6) is 0. The number of fused-ring (bicyclic) bond motifs is 1. The first-order valence-electron chi connectivity index (χ1n) is 12.0. The molecule has 0 saturated heterocycles. The molecule has 0 atom stereocenters. The summed E-state index contributed by atoms with van der Waals surface area (Å²) in [5, 5.41) is 2.78. The van der Waals surface area contributed by atoms with Gasteiger partial charge in [0.25, 0.3) is 0 Å². The number of hydrogen-bond acceptors (Lipinski definition) is 0. The predicted molar refractivity (Wildman–Crippen MR) is 127 cm³/mol. The second-order valence-electron chi connectivity index (χ2n) is 8.33. The van der Waals surface area contributed by atoms with Crippen molar-refractivity contribution in [1.82, 2.24) is 0 Å². The molecule has 0 aliphatic heterocycles. The second kappa shape index (κ2) is 15.4. The standard InChI is InChI=1S/C28H42/c1-2-3-4-5-6-7-8-9-10-11-12-13-14-15-16-17-21-26-23-20-24-27-22-18-19-25-28(26)27/h15-16,18-20,22-25H,2-14,17,21H2,1H3/b16-15+. The summed E-state index contributed by atoms with van der Waals surface area (Å²) < 4.78 is 0. The van der Waals surface area contributed by atoms with Crippen LogP contribution in [-0.2, 0) is 6.42 Å². The smallest absolute Gasteiger partial charge is 0.0152 e. The minimum Gasteiger partial charge on any atom is -0.0885 e. The highest BCUT2D eigenvalue weighted by Crippen LogP contribution is 2.20. The Morgan fingerprint density at radius 2 is 1.14 bits per heavy atom. The first kappa shape index (κ1) is 22.7. The molecule has 0 heteroatoms. The minimum absolute atomic E-state index is 1.15. The van der Waals surface area contributed by atoms with Gasteiger partial charge in [0.1, 0.15) is 0 Å². The summed E-state index contributed by atoms with van der Waals surface area (Å²) in [4.78, 5) is 0. The molecule has 0 unspecified atom stereocenters. The molecule has 0 heterocycles. The maximum atomic E-state index is 2.40. The van der Waals surface area contributed by atoms with Crippen LogP contribution in [0.2, 0.25) is 0 Å². The van der Waals surface area contributed by atoms with Crippen LogP contribution < -0.4 is 0 Å². The van der Waals surface area contributed by atoms with E-state index in [9.17, 15) is 0 Å². The molecule has 0 radical (unpaired) electrons. The second-order valence-corrected chi connectivity index (χ2v) is 8.33. The van der Waals surface area contributed by atoms with Gasteiger partial charge >= 0.3 is 0 Å². The molecule has 0 spiro atoms. The average molecular weight is 379 g/mol. The molecule has 0 saturated carbocycles. The van der Waals surface area contributed by atoms with Crippen molar-refractivity contribution in [2.45, 2.75) is 103 Å². The molecule has 154 valence electrons. The number of unbranched alkanes of at least 4 members (excludes halogenated alkanes) is 12. The molecular formula is C28H42. The van der Waals surface area contributed by atoms with E-state index in [1.54, 1.807) is 0 Å². The monoisotopic (exact) mass is 378 g/mol. The van der Waals surface area contributed by atoms with Gasteiger partial charge in [0, 0.05) is 0 Å². The average Bonchev–Trinajstić information content (AvgIpc) is 2.73. The zero-order valence-corrected chi connectivity index (χ0v) is 18.3. The Kier molecular flexibility index (Phi) is 12.5. The van der Waals surface area contributed by atoms with Crippen molar-refractivity contribution in [2.75, 3.05) is 0 Å². The Bertz CT molecular complexity index is 647. The van der Waals surface area contributed by atoms with Crippen LogP contribution in [0.15, 0.2) is 54.6 Å². The SMILES string of the molecule is CCCCCCCCCCCCCC/C=C/CCc1cccc2ccccc12. The van der Waals surface area contributed by atoms with Crippen molar-refractivity contribution in [3.05, 3.63) is 60.2 Å². The maximum absolute atomic E-state index is 2.40. The first-order chi connectivity index (χ1) is 13.9. The van der Waals surface area contributed by atoms with E-state index in [0.717, 1.165) is 12.8 Å². The third-order valence-electron chi connectivity index (χ3n) is 5.85. The van der Waals surface area contributed by atoms with Crippen LogP contribution in [-0.4, -0.2) is 0 Å². The zero-order chi connectivity index (χ0) is 19.7. The number of benzene rings is 2. The molecular weight excluding hydrogens is 336 g/mol. The van der Waals surface area contributed by atoms with Gasteiger partial charge in [0.15, 0.2) is 0 Å². The highest BCUT2D eigenvalue weighted by molar-refractivity contribution is 5.85. The van der Waals surface area contributed by atoms with Crippen molar-refractivity contribution in [1.29, 1.82) is 0 Å². The molecule has 0 aliphatic rings. The minimum atomic E-state index is 1.15. The Balaban J connectivity index is 1.42. The summed E-state index contributed by atoms with van der Waals surface area (Å²) in [6.07, 6.45) is 25.5. The van der Waals surface area contributed by atoms with Crippen LogP contribution in [0.3, 0.4) is 0 Å². The summed E-state index contributed by atoms with van der Waals surface area (Å²) in [6, 6.07) is 15.4. The third-order valence-corrected chi connectivity index (χ3v) is 5.85. The Morgan fingerprint density at radius 1 is 0.571 bits per heavy atom. The number of rotatable bonds is 16. The topological polar surface area (TPSA) is 0 Å². The van der Waals surface area contributed by atoms with Crippen molar-refractivity contribution >= 4 is 10.8 Å². The van der Waals surface area contributed by atoms with Crippen LogP contribution in [0.25, 0.3) is 10.8 Å². The molecule has 2 aromatic carbocycles. The van der Waals surface area contributed by atoms with Gasteiger partial charge in [-0.2, -0.15) is 0 Å². The molecule has 28 heavy (non-hydrogen) atoms. The van der Waals surface area contributed by atoms with Crippen LogP contribution in [0, 0.1) is 0 Å². The van der Waals surface area contributed by atoms with Gasteiger partial charge in [-0.3, -0.25) is 0 Å². The van der Waals surface area contributed by atoms with Gasteiger partial charge in [-0.15, -0.1) is 0 Å². The van der Waals surface area contributed by atoms with Gasteiger partial charge in [0.2, 0.25) is 0 Å². The molecule has 0 aliphatic carbocycles. The van der Waals surface area contributed by atoms with Gasteiger partial charge in [0.05, 0.1) is 0 Å². The highest BCUT2D eigenvalue weighted by Gasteiger charge is 1.98. The van der Waals surface area contributed by atoms with E-state index in [0.29, 0.717) is 0 Å². The Labute approximate surface area is 174 Å². The van der Waals surface area contributed by atoms with E-state index < -0.39 is 0 Å². The van der Waals surface area contributed by atoms with E-state index in [1.807, 2.05) is 0 Å². The van der Waals surface area contributed by atoms with Gasteiger partial charge < -0.3 is 0 Å². The molecule has 0 amide bonds. The molecule has 2 aromatic rings. The van der Waals surface area contributed by atoms with Gasteiger partial charge in [-0.05, 0) is 42.0 Å². The fraction of sp³-hybridized carbons (Fsp3) is 0.571. The molecule has 0 nitrogen and oxygen atoms in total. The highest BCUT2D eigenvalue weighted by atomic mass is 14.0. The largest absolute Gasteiger partial charge is 0.0885 e. The summed E-state index contributed by atoms with van der Waals surface area (Å²) >= 11 is 0. The van der Waals surface area contributed by atoms with Crippen LogP contribution >= 0.6 is 0 Å². The van der Waals surface area contributed by atoms with E-state index in [2.05, 4.69) is 61.5 Å². The predicted octanol–water partition coefficient (Wildman–Crippen LogP) is 9.42. The lowest BCUT2D eigenvalue weighted by atomic mass is 10.0. The molecule has 0 aromatic heterocycles. The van der Waals surface area contributed by atoms with E-state index in [1.165, 1.54) is 99.8 Å². The van der Waals surface area contributed by atoms with E-state index in [4.69, 9.17) is 0 Å². The lowest BCUT2D eigenvalue weighted by Gasteiger charge is -2.04. The number of hydrogen-bond donors (Lipinski definition) is 0.